The molecule has 19 heavy (non-hydrogen) atoms. The highest BCUT2D eigenvalue weighted by atomic mass is 16.3. The van der Waals surface area contributed by atoms with E-state index < -0.39 is 0 Å². The molecule has 4 nitrogen and oxygen atoms in total. The lowest BCUT2D eigenvalue weighted by molar-refractivity contribution is -0.683. The molecule has 0 aliphatic heterocycles. The fraction of sp³-hybridized carbons (Fsp3) is 0.200. The molecule has 0 atom stereocenters. The second kappa shape index (κ2) is 5.52. The van der Waals surface area contributed by atoms with Crippen molar-refractivity contribution in [3.63, 3.8) is 0 Å². The summed E-state index contributed by atoms with van der Waals surface area (Å²) in [7, 11) is 3.93. The van der Waals surface area contributed by atoms with Gasteiger partial charge >= 0.3 is 0 Å². The Hall–Kier alpha value is -2.36. The lowest BCUT2D eigenvalue weighted by Gasteiger charge is -2.10. The molecule has 1 heterocycles. The Bertz CT molecular complexity index is 577. The third kappa shape index (κ3) is 3.10. The SMILES string of the molecule is CN(C)c1cc[n+](CC(=O)c2ccccc2O)cc1. The number of ketones is 1. The first kappa shape index (κ1) is 13.1. The predicted octanol–water partition coefficient (Wildman–Crippen LogP) is 1.63. The minimum absolute atomic E-state index is 0.0259. The molecule has 1 aromatic heterocycles. The molecule has 0 amide bonds. The number of carbonyl (C=O) groups excluding carboxylic acids is 1. The first-order valence-electron chi connectivity index (χ1n) is 6.05. The number of benzene rings is 1. The van der Waals surface area contributed by atoms with Crippen molar-refractivity contribution >= 4 is 11.5 Å². The number of Topliss-reactive ketones (excluding diaryl/α,β-unsaturated/α-hetero) is 1. The number of para-hydroxylation sites is 1. The van der Waals surface area contributed by atoms with E-state index in [4.69, 9.17) is 0 Å². The molecule has 2 aromatic rings. The standard InChI is InChI=1S/C15H16N2O2/c1-16(2)12-7-9-17(10-8-12)11-15(19)13-5-3-4-6-14(13)18/h3-10H,11H2,1-2H3/p+1. The van der Waals surface area contributed by atoms with E-state index in [-0.39, 0.29) is 18.1 Å². The van der Waals surface area contributed by atoms with Gasteiger partial charge in [0.25, 0.3) is 0 Å². The van der Waals surface area contributed by atoms with E-state index in [1.165, 1.54) is 6.07 Å². The Labute approximate surface area is 112 Å². The minimum Gasteiger partial charge on any atom is -0.507 e. The first-order chi connectivity index (χ1) is 9.08. The maximum atomic E-state index is 12.1. The Morgan fingerprint density at radius 2 is 1.79 bits per heavy atom. The van der Waals surface area contributed by atoms with Crippen LogP contribution >= 0.6 is 0 Å². The average Bonchev–Trinajstić information content (AvgIpc) is 2.39. The number of hydrogen-bond donors (Lipinski definition) is 1. The molecule has 2 rings (SSSR count). The van der Waals surface area contributed by atoms with Gasteiger partial charge < -0.3 is 10.0 Å². The number of nitrogens with zero attached hydrogens (tertiary/aromatic N) is 2. The van der Waals surface area contributed by atoms with Crippen LogP contribution in [0.3, 0.4) is 0 Å². The van der Waals surface area contributed by atoms with Crippen molar-refractivity contribution in [1.82, 2.24) is 0 Å². The molecule has 4 heteroatoms. The maximum absolute atomic E-state index is 12.1. The van der Waals surface area contributed by atoms with Gasteiger partial charge in [-0.1, -0.05) is 12.1 Å². The van der Waals surface area contributed by atoms with E-state index >= 15 is 0 Å². The molecule has 0 saturated heterocycles. The number of anilines is 1. The fourth-order valence-electron chi connectivity index (χ4n) is 1.81. The lowest BCUT2D eigenvalue weighted by Crippen LogP contribution is -2.37. The zero-order valence-corrected chi connectivity index (χ0v) is 11.1. The summed E-state index contributed by atoms with van der Waals surface area (Å²) in [6, 6.07) is 10.5. The molecular weight excluding hydrogens is 240 g/mol. The molecule has 0 aliphatic carbocycles. The summed E-state index contributed by atoms with van der Waals surface area (Å²) in [5, 5.41) is 9.64. The number of hydrogen-bond acceptors (Lipinski definition) is 3. The number of aromatic nitrogens is 1. The molecule has 0 spiro atoms. The molecule has 0 bridgehead atoms. The van der Waals surface area contributed by atoms with Gasteiger partial charge in [0.2, 0.25) is 12.3 Å². The maximum Gasteiger partial charge on any atom is 0.231 e. The van der Waals surface area contributed by atoms with Crippen molar-refractivity contribution in [2.24, 2.45) is 0 Å². The van der Waals surface area contributed by atoms with Gasteiger partial charge in [-0.25, -0.2) is 0 Å². The number of phenols is 1. The largest absolute Gasteiger partial charge is 0.507 e. The predicted molar refractivity (Wildman–Crippen MR) is 73.4 cm³/mol. The van der Waals surface area contributed by atoms with Gasteiger partial charge in [0, 0.05) is 31.9 Å². The highest BCUT2D eigenvalue weighted by Gasteiger charge is 2.15. The number of phenolic OH excluding ortho intramolecular Hbond substituents is 1. The van der Waals surface area contributed by atoms with Crippen LogP contribution in [0.4, 0.5) is 5.69 Å². The highest BCUT2D eigenvalue weighted by molar-refractivity contribution is 5.97. The van der Waals surface area contributed by atoms with Crippen LogP contribution in [0, 0.1) is 0 Å². The van der Waals surface area contributed by atoms with Crippen LogP contribution in [-0.2, 0) is 6.54 Å². The van der Waals surface area contributed by atoms with E-state index in [0.29, 0.717) is 5.56 Å². The molecule has 0 radical (unpaired) electrons. The molecule has 98 valence electrons. The van der Waals surface area contributed by atoms with Crippen molar-refractivity contribution in [3.05, 3.63) is 54.4 Å². The summed E-state index contributed by atoms with van der Waals surface area (Å²) in [5.74, 6) is -0.0845. The van der Waals surface area contributed by atoms with E-state index in [9.17, 15) is 9.90 Å². The van der Waals surface area contributed by atoms with Crippen molar-refractivity contribution in [1.29, 1.82) is 0 Å². The lowest BCUT2D eigenvalue weighted by atomic mass is 10.1. The molecule has 1 N–H and O–H groups in total. The highest BCUT2D eigenvalue weighted by Crippen LogP contribution is 2.16. The summed E-state index contributed by atoms with van der Waals surface area (Å²) in [4.78, 5) is 14.1. The van der Waals surface area contributed by atoms with Crippen molar-refractivity contribution < 1.29 is 14.5 Å². The molecule has 1 aromatic carbocycles. The summed E-state index contributed by atoms with van der Waals surface area (Å²) in [6.07, 6.45) is 3.71. The van der Waals surface area contributed by atoms with Crippen LogP contribution in [0.5, 0.6) is 5.75 Å². The van der Waals surface area contributed by atoms with Crippen LogP contribution in [0.15, 0.2) is 48.8 Å². The Balaban J connectivity index is 2.13. The van der Waals surface area contributed by atoms with Crippen molar-refractivity contribution in [3.8, 4) is 5.75 Å². The van der Waals surface area contributed by atoms with Crippen molar-refractivity contribution in [2.75, 3.05) is 19.0 Å². The van der Waals surface area contributed by atoms with Crippen LogP contribution in [0.1, 0.15) is 10.4 Å². The number of carbonyl (C=O) groups is 1. The van der Waals surface area contributed by atoms with E-state index in [0.717, 1.165) is 5.69 Å². The molecular formula is C15H17N2O2+. The normalized spacial score (nSPS) is 10.2. The van der Waals surface area contributed by atoms with Gasteiger partial charge in [-0.05, 0) is 12.1 Å². The topological polar surface area (TPSA) is 44.4 Å². The van der Waals surface area contributed by atoms with E-state index in [2.05, 4.69) is 0 Å². The van der Waals surface area contributed by atoms with E-state index in [1.54, 1.807) is 22.8 Å². The summed E-state index contributed by atoms with van der Waals surface area (Å²) >= 11 is 0. The first-order valence-corrected chi connectivity index (χ1v) is 6.05. The van der Waals surface area contributed by atoms with Gasteiger partial charge in [-0.3, -0.25) is 4.79 Å². The van der Waals surface area contributed by atoms with E-state index in [1.807, 2.05) is 43.5 Å². The smallest absolute Gasteiger partial charge is 0.231 e. The molecule has 0 aliphatic rings. The average molecular weight is 257 g/mol. The second-order valence-corrected chi connectivity index (χ2v) is 4.56. The van der Waals surface area contributed by atoms with Gasteiger partial charge in [0.05, 0.1) is 5.56 Å². The fourth-order valence-corrected chi connectivity index (χ4v) is 1.81. The summed E-state index contributed by atoms with van der Waals surface area (Å²) < 4.78 is 1.79. The van der Waals surface area contributed by atoms with Crippen LogP contribution < -0.4 is 9.47 Å². The molecule has 0 saturated carbocycles. The quantitative estimate of drug-likeness (QED) is 0.669. The van der Waals surface area contributed by atoms with Gasteiger partial charge in [0.15, 0.2) is 12.4 Å². The Kier molecular flexibility index (Phi) is 3.80. The van der Waals surface area contributed by atoms with Crippen LogP contribution in [-0.4, -0.2) is 25.0 Å². The third-order valence-corrected chi connectivity index (χ3v) is 2.92. The minimum atomic E-state index is -0.110. The van der Waals surface area contributed by atoms with Gasteiger partial charge in [-0.2, -0.15) is 4.57 Å². The monoisotopic (exact) mass is 257 g/mol. The van der Waals surface area contributed by atoms with Crippen LogP contribution in [0.25, 0.3) is 0 Å². The summed E-state index contributed by atoms with van der Waals surface area (Å²) in [5.41, 5.74) is 1.43. The molecule has 0 fully saturated rings. The zero-order valence-electron chi connectivity index (χ0n) is 11.1. The Morgan fingerprint density at radius 3 is 2.37 bits per heavy atom. The second-order valence-electron chi connectivity index (χ2n) is 4.56. The Morgan fingerprint density at radius 1 is 1.16 bits per heavy atom. The number of pyridine rings is 1. The van der Waals surface area contributed by atoms with Crippen LogP contribution in [0.2, 0.25) is 0 Å². The van der Waals surface area contributed by atoms with Gasteiger partial charge in [-0.15, -0.1) is 0 Å². The van der Waals surface area contributed by atoms with Gasteiger partial charge in [0.1, 0.15) is 5.75 Å². The number of aromatic hydroxyl groups is 1. The zero-order chi connectivity index (χ0) is 13.8. The number of rotatable bonds is 4. The van der Waals surface area contributed by atoms with Crippen molar-refractivity contribution in [2.45, 2.75) is 6.54 Å². The summed E-state index contributed by atoms with van der Waals surface area (Å²) in [6.45, 7) is 0.214. The molecule has 0 unspecified atom stereocenters. The third-order valence-electron chi connectivity index (χ3n) is 2.92.